The Morgan fingerprint density at radius 1 is 1.02 bits per heavy atom. The van der Waals surface area contributed by atoms with Crippen LogP contribution in [-0.4, -0.2) is 62.7 Å². The van der Waals surface area contributed by atoms with Gasteiger partial charge in [0.1, 0.15) is 11.9 Å². The summed E-state index contributed by atoms with van der Waals surface area (Å²) in [4.78, 5) is 38.4. The minimum Gasteiger partial charge on any atom is -0.460 e. The number of anilines is 1. The zero-order chi connectivity index (χ0) is 38.3. The quantitative estimate of drug-likeness (QED) is 0.183. The van der Waals surface area contributed by atoms with Crippen molar-refractivity contribution in [1.82, 2.24) is 5.32 Å². The van der Waals surface area contributed by atoms with Crippen molar-refractivity contribution in [3.05, 3.63) is 59.7 Å². The summed E-state index contributed by atoms with van der Waals surface area (Å²) in [6.45, 7) is 9.09. The van der Waals surface area contributed by atoms with Gasteiger partial charge in [-0.2, -0.15) is 21.6 Å². The van der Waals surface area contributed by atoms with Crippen molar-refractivity contribution in [3.8, 4) is 0 Å². The minimum atomic E-state index is -4.97. The first-order valence-electron chi connectivity index (χ1n) is 17.8. The number of aliphatic hydroxyl groups excluding tert-OH is 1. The van der Waals surface area contributed by atoms with Gasteiger partial charge in [0.15, 0.2) is 6.61 Å². The smallest absolute Gasteiger partial charge is 0.460 e. The standard InChI is InChI=1S/C38H49F3N2O8S/c1-23-6-12-28(13-7-23)52(48,49)50-22-31(45)51-30-20-35(4,18-19-42-27-10-8-26(9-11-27)21-43-34(47)38(39,40)41)33(46)25(3)37-16-14-24(2)36(30,5)32(37)29(44)15-17-37/h6-13,24-25,30,32-33,42,46H,14-22H2,1-5H3,(H,43,47)/t24-,25+,30-,32+,33+,35+,36+,37+/m1/s1. The molecule has 2 aromatic rings. The summed E-state index contributed by atoms with van der Waals surface area (Å²) >= 11 is 0. The third kappa shape index (κ3) is 7.75. The van der Waals surface area contributed by atoms with Gasteiger partial charge in [-0.15, -0.1) is 0 Å². The first-order valence-corrected chi connectivity index (χ1v) is 19.2. The lowest BCUT2D eigenvalue weighted by molar-refractivity contribution is -0.213. The molecule has 3 fully saturated rings. The largest absolute Gasteiger partial charge is 0.471 e. The zero-order valence-electron chi connectivity index (χ0n) is 30.2. The van der Waals surface area contributed by atoms with E-state index < -0.39 is 69.1 Å². The number of hydrogen-bond acceptors (Lipinski definition) is 9. The minimum absolute atomic E-state index is 0.0214. The Hall–Kier alpha value is -3.49. The van der Waals surface area contributed by atoms with Crippen LogP contribution in [0.4, 0.5) is 18.9 Å². The van der Waals surface area contributed by atoms with Crippen molar-refractivity contribution < 1.29 is 50.0 Å². The molecule has 0 saturated heterocycles. The van der Waals surface area contributed by atoms with Crippen LogP contribution in [0.2, 0.25) is 0 Å². The summed E-state index contributed by atoms with van der Waals surface area (Å²) < 4.78 is 74.8. The highest BCUT2D eigenvalue weighted by atomic mass is 32.2. The fraction of sp³-hybridized carbons (Fsp3) is 0.605. The zero-order valence-corrected chi connectivity index (χ0v) is 31.0. The summed E-state index contributed by atoms with van der Waals surface area (Å²) in [5, 5.41) is 17.4. The molecule has 0 aliphatic heterocycles. The lowest BCUT2D eigenvalue weighted by Crippen LogP contribution is -2.63. The van der Waals surface area contributed by atoms with Crippen molar-refractivity contribution in [2.75, 3.05) is 18.5 Å². The van der Waals surface area contributed by atoms with E-state index in [1.807, 2.05) is 33.0 Å². The topological polar surface area (TPSA) is 148 Å². The number of aliphatic hydroxyl groups is 1. The van der Waals surface area contributed by atoms with Crippen LogP contribution in [0.25, 0.3) is 0 Å². The van der Waals surface area contributed by atoms with E-state index in [4.69, 9.17) is 8.92 Å². The average molecular weight is 751 g/mol. The first kappa shape index (κ1) is 39.7. The molecule has 52 heavy (non-hydrogen) atoms. The number of carbonyl (C=O) groups excluding carboxylic acids is 3. The Kier molecular flexibility index (Phi) is 11.3. The van der Waals surface area contributed by atoms with Gasteiger partial charge in [-0.05, 0) is 91.5 Å². The van der Waals surface area contributed by atoms with Gasteiger partial charge < -0.3 is 20.5 Å². The second kappa shape index (κ2) is 14.7. The molecule has 5 rings (SSSR count). The molecule has 2 bridgehead atoms. The van der Waals surface area contributed by atoms with E-state index in [0.717, 1.165) is 18.4 Å². The highest BCUT2D eigenvalue weighted by Crippen LogP contribution is 2.68. The second-order valence-corrected chi connectivity index (χ2v) is 17.2. The third-order valence-electron chi connectivity index (χ3n) is 12.5. The lowest BCUT2D eigenvalue weighted by atomic mass is 9.43. The predicted molar refractivity (Wildman–Crippen MR) is 186 cm³/mol. The van der Waals surface area contributed by atoms with E-state index in [1.54, 1.807) is 36.4 Å². The Labute approximate surface area is 303 Å². The third-order valence-corrected chi connectivity index (χ3v) is 13.8. The Balaban J connectivity index is 1.36. The van der Waals surface area contributed by atoms with Gasteiger partial charge in [0.25, 0.3) is 10.1 Å². The molecule has 0 spiro atoms. The summed E-state index contributed by atoms with van der Waals surface area (Å²) in [5.41, 5.74) is -0.102. The molecule has 8 atom stereocenters. The molecule has 3 aliphatic rings. The van der Waals surface area contributed by atoms with Gasteiger partial charge in [-0.1, -0.05) is 57.5 Å². The molecule has 0 heterocycles. The number of benzene rings is 2. The average Bonchev–Trinajstić information content (AvgIpc) is 3.44. The number of alkyl halides is 3. The number of ether oxygens (including phenoxy) is 1. The summed E-state index contributed by atoms with van der Waals surface area (Å²) in [6.07, 6.45) is -3.53. The molecular formula is C38H49F3N2O8S. The van der Waals surface area contributed by atoms with E-state index >= 15 is 0 Å². The van der Waals surface area contributed by atoms with Crippen LogP contribution in [0.3, 0.4) is 0 Å². The number of aryl methyl sites for hydroxylation is 1. The van der Waals surface area contributed by atoms with Crippen LogP contribution in [0.15, 0.2) is 53.4 Å². The summed E-state index contributed by atoms with van der Waals surface area (Å²) in [5.74, 6) is -3.52. The number of halogens is 3. The number of nitrogens with one attached hydrogen (secondary N) is 2. The van der Waals surface area contributed by atoms with Crippen LogP contribution in [-0.2, 0) is 40.0 Å². The van der Waals surface area contributed by atoms with Gasteiger partial charge in [0, 0.05) is 36.5 Å². The fourth-order valence-electron chi connectivity index (χ4n) is 9.21. The van der Waals surface area contributed by atoms with E-state index in [0.29, 0.717) is 37.1 Å². The Morgan fingerprint density at radius 2 is 1.67 bits per heavy atom. The molecule has 3 saturated carbocycles. The maximum atomic E-state index is 13.8. The van der Waals surface area contributed by atoms with Crippen LogP contribution >= 0.6 is 0 Å². The van der Waals surface area contributed by atoms with Gasteiger partial charge in [-0.25, -0.2) is 4.79 Å². The fourth-order valence-corrected chi connectivity index (χ4v) is 10.1. The SMILES string of the molecule is Cc1ccc(S(=O)(=O)OCC(=O)O[C@@H]2C[C@](C)(CCNc3ccc(CNC(=O)C(F)(F)F)cc3)[C@@H](O)[C@H](C)[C@]34CCC(=O)[C@H]3[C@@]2(C)[C@H](C)CC4)cc1. The Morgan fingerprint density at radius 3 is 2.31 bits per heavy atom. The van der Waals surface area contributed by atoms with Gasteiger partial charge in [0.05, 0.1) is 11.0 Å². The molecule has 286 valence electrons. The van der Waals surface area contributed by atoms with Crippen molar-refractivity contribution in [2.24, 2.45) is 34.0 Å². The van der Waals surface area contributed by atoms with Crippen LogP contribution < -0.4 is 10.6 Å². The molecule has 14 heteroatoms. The van der Waals surface area contributed by atoms with Crippen LogP contribution in [0.1, 0.15) is 77.3 Å². The number of amides is 1. The maximum Gasteiger partial charge on any atom is 0.471 e. The van der Waals surface area contributed by atoms with Crippen LogP contribution in [0.5, 0.6) is 0 Å². The number of ketones is 1. The monoisotopic (exact) mass is 750 g/mol. The predicted octanol–water partition coefficient (Wildman–Crippen LogP) is 6.10. The molecule has 3 N–H and O–H groups in total. The molecule has 0 radical (unpaired) electrons. The number of Topliss-reactive ketones (excluding diaryl/α,β-unsaturated/α-hetero) is 1. The first-order chi connectivity index (χ1) is 24.2. The number of hydrogen-bond donors (Lipinski definition) is 3. The maximum absolute atomic E-state index is 13.8. The highest BCUT2D eigenvalue weighted by molar-refractivity contribution is 7.86. The van der Waals surface area contributed by atoms with E-state index in [-0.39, 0.29) is 35.5 Å². The van der Waals surface area contributed by atoms with E-state index in [1.165, 1.54) is 12.1 Å². The van der Waals surface area contributed by atoms with Crippen molar-refractivity contribution in [1.29, 1.82) is 0 Å². The number of esters is 1. The molecule has 0 aromatic heterocycles. The molecule has 2 aromatic carbocycles. The molecule has 1 amide bonds. The van der Waals surface area contributed by atoms with Crippen LogP contribution in [0, 0.1) is 40.9 Å². The summed E-state index contributed by atoms with van der Waals surface area (Å²) in [6, 6.07) is 12.6. The van der Waals surface area contributed by atoms with Gasteiger partial charge in [-0.3, -0.25) is 13.8 Å². The van der Waals surface area contributed by atoms with Crippen molar-refractivity contribution in [2.45, 2.75) is 103 Å². The molecule has 3 aliphatic carbocycles. The second-order valence-electron chi connectivity index (χ2n) is 15.6. The highest BCUT2D eigenvalue weighted by Gasteiger charge is 2.68. The Bertz CT molecular complexity index is 1750. The lowest BCUT2D eigenvalue weighted by Gasteiger charge is -2.62. The van der Waals surface area contributed by atoms with Gasteiger partial charge in [0.2, 0.25) is 0 Å². The van der Waals surface area contributed by atoms with E-state index in [9.17, 15) is 41.1 Å². The van der Waals surface area contributed by atoms with Gasteiger partial charge >= 0.3 is 18.1 Å². The van der Waals surface area contributed by atoms with Crippen molar-refractivity contribution in [3.63, 3.8) is 0 Å². The van der Waals surface area contributed by atoms with Crippen molar-refractivity contribution >= 4 is 33.5 Å². The molecular weight excluding hydrogens is 701 g/mol. The number of rotatable bonds is 11. The molecule has 0 unspecified atom stereocenters. The molecule has 10 nitrogen and oxygen atoms in total. The summed E-state index contributed by atoms with van der Waals surface area (Å²) in [7, 11) is -4.25. The van der Waals surface area contributed by atoms with E-state index in [2.05, 4.69) is 12.2 Å². The number of carbonyl (C=O) groups is 3. The normalized spacial score (nSPS) is 31.9.